The van der Waals surface area contributed by atoms with Gasteiger partial charge in [-0.05, 0) is 30.2 Å². The molecule has 1 saturated carbocycles. The van der Waals surface area contributed by atoms with Crippen LogP contribution in [0.15, 0.2) is 28.5 Å². The predicted molar refractivity (Wildman–Crippen MR) is 76.4 cm³/mol. The number of hydrogen-bond acceptors (Lipinski definition) is 3. The average Bonchev–Trinajstić information content (AvgIpc) is 2.81. The van der Waals surface area contributed by atoms with Crippen molar-refractivity contribution in [2.75, 3.05) is 6.54 Å². The molecule has 0 saturated heterocycles. The van der Waals surface area contributed by atoms with Gasteiger partial charge < -0.3 is 9.88 Å². The third-order valence-electron chi connectivity index (χ3n) is 3.71. The number of rotatable bonds is 4. The van der Waals surface area contributed by atoms with Crippen molar-refractivity contribution in [3.05, 3.63) is 33.9 Å². The highest BCUT2D eigenvalue weighted by molar-refractivity contribution is 7.17. The normalized spacial score (nSPS) is 15.4. The molecule has 0 spiro atoms. The Kier molecular flexibility index (Phi) is 3.38. The number of aromatic nitrogens is 1. The number of amides is 1. The van der Waals surface area contributed by atoms with Crippen LogP contribution in [0, 0.1) is 5.92 Å². The summed E-state index contributed by atoms with van der Waals surface area (Å²) >= 11 is 1.42. The molecule has 0 atom stereocenters. The lowest BCUT2D eigenvalue weighted by atomic mass is 9.85. The summed E-state index contributed by atoms with van der Waals surface area (Å²) in [5.74, 6) is 0.683. The van der Waals surface area contributed by atoms with Crippen LogP contribution in [0.4, 0.5) is 0 Å². The van der Waals surface area contributed by atoms with E-state index in [-0.39, 0.29) is 17.9 Å². The molecule has 0 unspecified atom stereocenters. The van der Waals surface area contributed by atoms with Crippen LogP contribution < -0.4 is 10.7 Å². The first kappa shape index (κ1) is 12.4. The van der Waals surface area contributed by atoms with Crippen LogP contribution in [0.2, 0.25) is 0 Å². The zero-order chi connectivity index (χ0) is 13.2. The summed E-state index contributed by atoms with van der Waals surface area (Å²) in [4.78, 5) is 23.5. The topological polar surface area (TPSA) is 51.1 Å². The van der Waals surface area contributed by atoms with Crippen molar-refractivity contribution in [1.82, 2.24) is 9.88 Å². The number of pyridine rings is 1. The summed E-state index contributed by atoms with van der Waals surface area (Å²) in [7, 11) is 0. The first-order valence-corrected chi connectivity index (χ1v) is 7.45. The fourth-order valence-corrected chi connectivity index (χ4v) is 3.15. The third kappa shape index (κ3) is 2.56. The van der Waals surface area contributed by atoms with Gasteiger partial charge in [-0.1, -0.05) is 6.42 Å². The zero-order valence-corrected chi connectivity index (χ0v) is 11.4. The van der Waals surface area contributed by atoms with E-state index in [0.717, 1.165) is 12.1 Å². The summed E-state index contributed by atoms with van der Waals surface area (Å²) in [6.45, 7) is 1.06. The first-order chi connectivity index (χ1) is 9.24. The van der Waals surface area contributed by atoms with Gasteiger partial charge in [0.2, 0.25) is 5.91 Å². The molecule has 1 amide bonds. The smallest absolute Gasteiger partial charge is 0.239 e. The van der Waals surface area contributed by atoms with E-state index in [1.165, 1.54) is 36.7 Å². The van der Waals surface area contributed by atoms with Gasteiger partial charge in [-0.25, -0.2) is 0 Å². The molecular formula is C14H16N2O2S. The fourth-order valence-electron chi connectivity index (χ4n) is 2.33. The quantitative estimate of drug-likeness (QED) is 0.928. The molecule has 4 nitrogen and oxygen atoms in total. The molecule has 5 heteroatoms. The van der Waals surface area contributed by atoms with Gasteiger partial charge in [0.1, 0.15) is 6.54 Å². The number of thiophene rings is 1. The number of nitrogens with one attached hydrogen (secondary N) is 1. The van der Waals surface area contributed by atoms with E-state index in [1.54, 1.807) is 6.20 Å². The molecule has 1 aliphatic carbocycles. The summed E-state index contributed by atoms with van der Waals surface area (Å²) in [5.41, 5.74) is 0.868. The van der Waals surface area contributed by atoms with E-state index in [0.29, 0.717) is 10.6 Å². The molecular weight excluding hydrogens is 260 g/mol. The van der Waals surface area contributed by atoms with Crippen molar-refractivity contribution in [3.8, 4) is 0 Å². The molecule has 1 N–H and O–H groups in total. The van der Waals surface area contributed by atoms with Gasteiger partial charge in [0.15, 0.2) is 5.43 Å². The van der Waals surface area contributed by atoms with Crippen molar-refractivity contribution in [2.45, 2.75) is 25.8 Å². The van der Waals surface area contributed by atoms with E-state index >= 15 is 0 Å². The lowest BCUT2D eigenvalue weighted by Crippen LogP contribution is -2.34. The number of hydrogen-bond donors (Lipinski definition) is 1. The van der Waals surface area contributed by atoms with Crippen molar-refractivity contribution < 1.29 is 4.79 Å². The highest BCUT2D eigenvalue weighted by Gasteiger charge is 2.18. The molecule has 2 aromatic heterocycles. The minimum Gasteiger partial charge on any atom is -0.354 e. The molecule has 1 fully saturated rings. The van der Waals surface area contributed by atoms with E-state index in [1.807, 2.05) is 16.0 Å². The molecule has 0 aromatic carbocycles. The fraction of sp³-hybridized carbons (Fsp3) is 0.429. The van der Waals surface area contributed by atoms with Crippen LogP contribution >= 0.6 is 11.3 Å². The second kappa shape index (κ2) is 5.17. The van der Waals surface area contributed by atoms with Crippen LogP contribution in [0.25, 0.3) is 10.2 Å². The minimum absolute atomic E-state index is 0.0167. The lowest BCUT2D eigenvalue weighted by molar-refractivity contribution is -0.121. The van der Waals surface area contributed by atoms with E-state index in [4.69, 9.17) is 0 Å². The number of carbonyl (C=O) groups is 1. The van der Waals surface area contributed by atoms with Crippen LogP contribution in [0.1, 0.15) is 19.3 Å². The molecule has 2 heterocycles. The molecule has 3 rings (SSSR count). The van der Waals surface area contributed by atoms with Gasteiger partial charge in [0.25, 0.3) is 0 Å². The van der Waals surface area contributed by atoms with Gasteiger partial charge >= 0.3 is 0 Å². The maximum Gasteiger partial charge on any atom is 0.239 e. The Morgan fingerprint density at radius 1 is 1.42 bits per heavy atom. The highest BCUT2D eigenvalue weighted by atomic mass is 32.1. The largest absolute Gasteiger partial charge is 0.354 e. The number of fused-ring (bicyclic) bond motifs is 1. The molecule has 1 aliphatic rings. The van der Waals surface area contributed by atoms with E-state index < -0.39 is 0 Å². The summed E-state index contributed by atoms with van der Waals surface area (Å²) < 4.78 is 2.55. The Balaban J connectivity index is 1.70. The van der Waals surface area contributed by atoms with Crippen molar-refractivity contribution in [2.24, 2.45) is 5.92 Å². The molecule has 2 aromatic rings. The summed E-state index contributed by atoms with van der Waals surface area (Å²) in [5, 5.41) is 4.85. The second-order valence-corrected chi connectivity index (χ2v) is 5.96. The number of carbonyl (C=O) groups excluding carboxylic acids is 1. The van der Waals surface area contributed by atoms with Gasteiger partial charge in [-0.2, -0.15) is 0 Å². The van der Waals surface area contributed by atoms with Gasteiger partial charge in [0, 0.05) is 18.8 Å². The molecule has 0 radical (unpaired) electrons. The summed E-state index contributed by atoms with van der Waals surface area (Å²) in [6.07, 6.45) is 5.44. The van der Waals surface area contributed by atoms with Crippen molar-refractivity contribution in [1.29, 1.82) is 0 Å². The SMILES string of the molecule is O=C(Cn1ccc(=O)c2sccc21)NCC1CCC1. The van der Waals surface area contributed by atoms with Gasteiger partial charge in [-0.3, -0.25) is 9.59 Å². The van der Waals surface area contributed by atoms with Crippen molar-refractivity contribution >= 4 is 27.5 Å². The van der Waals surface area contributed by atoms with Gasteiger partial charge in [-0.15, -0.1) is 11.3 Å². The van der Waals surface area contributed by atoms with Crippen LogP contribution in [0.3, 0.4) is 0 Å². The van der Waals surface area contributed by atoms with Crippen LogP contribution in [-0.4, -0.2) is 17.0 Å². The van der Waals surface area contributed by atoms with E-state index in [2.05, 4.69) is 5.32 Å². The first-order valence-electron chi connectivity index (χ1n) is 6.57. The van der Waals surface area contributed by atoms with Crippen LogP contribution in [0.5, 0.6) is 0 Å². The maximum absolute atomic E-state index is 11.9. The van der Waals surface area contributed by atoms with Crippen molar-refractivity contribution in [3.63, 3.8) is 0 Å². The third-order valence-corrected chi connectivity index (χ3v) is 4.63. The Labute approximate surface area is 115 Å². The van der Waals surface area contributed by atoms with E-state index in [9.17, 15) is 9.59 Å². The standard InChI is InChI=1S/C14H16N2O2S/c17-12-4-6-16(11-5-7-19-14(11)12)9-13(18)15-8-10-2-1-3-10/h4-7,10H,1-3,8-9H2,(H,15,18). The highest BCUT2D eigenvalue weighted by Crippen LogP contribution is 2.25. The molecule has 0 bridgehead atoms. The predicted octanol–water partition coefficient (Wildman–Crippen LogP) is 1.98. The Morgan fingerprint density at radius 3 is 3.00 bits per heavy atom. The monoisotopic (exact) mass is 276 g/mol. The average molecular weight is 276 g/mol. The minimum atomic E-state index is 0.0167. The number of nitrogens with zero attached hydrogens (tertiary/aromatic N) is 1. The second-order valence-electron chi connectivity index (χ2n) is 5.04. The molecule has 0 aliphatic heterocycles. The Bertz CT molecular complexity index is 655. The lowest BCUT2D eigenvalue weighted by Gasteiger charge is -2.25. The zero-order valence-electron chi connectivity index (χ0n) is 10.6. The van der Waals surface area contributed by atoms with Crippen LogP contribution in [-0.2, 0) is 11.3 Å². The summed E-state index contributed by atoms with van der Waals surface area (Å²) in [6, 6.07) is 3.42. The molecule has 19 heavy (non-hydrogen) atoms. The Hall–Kier alpha value is -1.62. The Morgan fingerprint density at radius 2 is 2.26 bits per heavy atom. The van der Waals surface area contributed by atoms with Gasteiger partial charge in [0.05, 0.1) is 10.2 Å². The maximum atomic E-state index is 11.9. The molecule has 100 valence electrons.